The number of anilines is 1. The number of hydrogen-bond acceptors (Lipinski definition) is 6. The maximum Gasteiger partial charge on any atom is 0.172 e. The zero-order valence-electron chi connectivity index (χ0n) is 12.9. The SMILES string of the molecule is COc1ccc2nc(-c3cccs3)nc(N3CCOCC3)c2c1. The molecule has 4 rings (SSSR count). The monoisotopic (exact) mass is 327 g/mol. The van der Waals surface area contributed by atoms with Crippen LogP contribution < -0.4 is 9.64 Å². The van der Waals surface area contributed by atoms with E-state index >= 15 is 0 Å². The van der Waals surface area contributed by atoms with Crippen LogP contribution in [0.25, 0.3) is 21.6 Å². The molecule has 5 nitrogen and oxygen atoms in total. The summed E-state index contributed by atoms with van der Waals surface area (Å²) in [4.78, 5) is 12.9. The van der Waals surface area contributed by atoms with Gasteiger partial charge in [0.05, 0.1) is 30.7 Å². The van der Waals surface area contributed by atoms with Crippen molar-refractivity contribution in [2.45, 2.75) is 0 Å². The van der Waals surface area contributed by atoms with E-state index in [0.29, 0.717) is 0 Å². The van der Waals surface area contributed by atoms with Crippen LogP contribution in [0.5, 0.6) is 5.75 Å². The molecule has 1 aromatic carbocycles. The standard InChI is InChI=1S/C17H17N3O2S/c1-21-12-4-5-14-13(11-12)17(20-6-8-22-9-7-20)19-16(18-14)15-3-2-10-23-15/h2-5,10-11H,6-9H2,1H3. The van der Waals surface area contributed by atoms with Crippen molar-refractivity contribution in [2.24, 2.45) is 0 Å². The van der Waals surface area contributed by atoms with Gasteiger partial charge in [-0.15, -0.1) is 11.3 Å². The van der Waals surface area contributed by atoms with Crippen molar-refractivity contribution in [3.05, 3.63) is 35.7 Å². The molecule has 0 atom stereocenters. The molecule has 118 valence electrons. The molecular weight excluding hydrogens is 310 g/mol. The van der Waals surface area contributed by atoms with Crippen molar-refractivity contribution in [3.8, 4) is 16.5 Å². The Bertz CT molecular complexity index is 814. The van der Waals surface area contributed by atoms with Crippen molar-refractivity contribution in [1.82, 2.24) is 9.97 Å². The molecule has 2 aromatic heterocycles. The van der Waals surface area contributed by atoms with Gasteiger partial charge in [0.2, 0.25) is 0 Å². The van der Waals surface area contributed by atoms with Crippen LogP contribution >= 0.6 is 11.3 Å². The fraction of sp³-hybridized carbons (Fsp3) is 0.294. The Kier molecular flexibility index (Phi) is 3.85. The average molecular weight is 327 g/mol. The van der Waals surface area contributed by atoms with Crippen molar-refractivity contribution in [1.29, 1.82) is 0 Å². The Hall–Kier alpha value is -2.18. The van der Waals surface area contributed by atoms with Gasteiger partial charge in [-0.05, 0) is 29.6 Å². The van der Waals surface area contributed by atoms with E-state index in [-0.39, 0.29) is 0 Å². The lowest BCUT2D eigenvalue weighted by Gasteiger charge is -2.29. The third-order valence-corrected chi connectivity index (χ3v) is 4.80. The van der Waals surface area contributed by atoms with Gasteiger partial charge in [-0.1, -0.05) is 6.07 Å². The van der Waals surface area contributed by atoms with Gasteiger partial charge in [0, 0.05) is 18.5 Å². The normalized spacial score (nSPS) is 15.1. The van der Waals surface area contributed by atoms with E-state index < -0.39 is 0 Å². The minimum Gasteiger partial charge on any atom is -0.497 e. The zero-order chi connectivity index (χ0) is 15.6. The average Bonchev–Trinajstić information content (AvgIpc) is 3.16. The van der Waals surface area contributed by atoms with Gasteiger partial charge in [-0.2, -0.15) is 0 Å². The first-order valence-corrected chi connectivity index (χ1v) is 8.45. The van der Waals surface area contributed by atoms with Crippen LogP contribution in [-0.2, 0) is 4.74 Å². The highest BCUT2D eigenvalue weighted by Crippen LogP contribution is 2.32. The van der Waals surface area contributed by atoms with Gasteiger partial charge < -0.3 is 14.4 Å². The first-order valence-electron chi connectivity index (χ1n) is 7.57. The van der Waals surface area contributed by atoms with Gasteiger partial charge in [0.1, 0.15) is 11.6 Å². The number of benzene rings is 1. The lowest BCUT2D eigenvalue weighted by Crippen LogP contribution is -2.37. The number of nitrogens with zero attached hydrogens (tertiary/aromatic N) is 3. The van der Waals surface area contributed by atoms with Gasteiger partial charge in [-0.3, -0.25) is 0 Å². The largest absolute Gasteiger partial charge is 0.497 e. The summed E-state index contributed by atoms with van der Waals surface area (Å²) in [5.74, 6) is 2.55. The Morgan fingerprint density at radius 1 is 1.17 bits per heavy atom. The Morgan fingerprint density at radius 2 is 2.04 bits per heavy atom. The van der Waals surface area contributed by atoms with E-state index in [1.807, 2.05) is 29.6 Å². The highest BCUT2D eigenvalue weighted by Gasteiger charge is 2.18. The summed E-state index contributed by atoms with van der Waals surface area (Å²) in [7, 11) is 1.68. The first kappa shape index (κ1) is 14.4. The Morgan fingerprint density at radius 3 is 2.78 bits per heavy atom. The third kappa shape index (κ3) is 2.75. The van der Waals surface area contributed by atoms with E-state index in [2.05, 4.69) is 11.0 Å². The molecule has 3 heterocycles. The van der Waals surface area contributed by atoms with Gasteiger partial charge >= 0.3 is 0 Å². The van der Waals surface area contributed by atoms with E-state index in [4.69, 9.17) is 19.4 Å². The summed E-state index contributed by atoms with van der Waals surface area (Å²) in [6.45, 7) is 3.13. The van der Waals surface area contributed by atoms with Crippen molar-refractivity contribution >= 4 is 28.1 Å². The van der Waals surface area contributed by atoms with Crippen LogP contribution in [0.4, 0.5) is 5.82 Å². The molecule has 0 amide bonds. The summed E-state index contributed by atoms with van der Waals surface area (Å²) in [6, 6.07) is 10.0. The van der Waals surface area contributed by atoms with E-state index in [1.165, 1.54) is 0 Å². The predicted octanol–water partition coefficient (Wildman–Crippen LogP) is 3.20. The first-order chi connectivity index (χ1) is 11.3. The predicted molar refractivity (Wildman–Crippen MR) is 92.4 cm³/mol. The number of methoxy groups -OCH3 is 1. The number of hydrogen-bond donors (Lipinski definition) is 0. The topological polar surface area (TPSA) is 47.5 Å². The minimum absolute atomic E-state index is 0.726. The molecule has 3 aromatic rings. The van der Waals surface area contributed by atoms with E-state index in [1.54, 1.807) is 18.4 Å². The molecule has 1 aliphatic heterocycles. The second kappa shape index (κ2) is 6.14. The lowest BCUT2D eigenvalue weighted by molar-refractivity contribution is 0.122. The molecule has 1 aliphatic rings. The van der Waals surface area contributed by atoms with Crippen LogP contribution in [0.15, 0.2) is 35.7 Å². The smallest absolute Gasteiger partial charge is 0.172 e. The van der Waals surface area contributed by atoms with Gasteiger partial charge in [0.15, 0.2) is 5.82 Å². The number of morpholine rings is 1. The maximum absolute atomic E-state index is 5.47. The van der Waals surface area contributed by atoms with Crippen LogP contribution in [0.1, 0.15) is 0 Å². The summed E-state index contributed by atoms with van der Waals surface area (Å²) in [5, 5.41) is 3.07. The third-order valence-electron chi connectivity index (χ3n) is 3.93. The maximum atomic E-state index is 5.47. The van der Waals surface area contributed by atoms with Crippen molar-refractivity contribution < 1.29 is 9.47 Å². The molecule has 0 bridgehead atoms. The van der Waals surface area contributed by atoms with E-state index in [0.717, 1.165) is 59.5 Å². The second-order valence-electron chi connectivity index (χ2n) is 5.33. The summed E-state index contributed by atoms with van der Waals surface area (Å²) in [6.07, 6.45) is 0. The Balaban J connectivity index is 1.91. The fourth-order valence-electron chi connectivity index (χ4n) is 2.75. The number of thiophene rings is 1. The summed E-state index contributed by atoms with van der Waals surface area (Å²) >= 11 is 1.65. The highest BCUT2D eigenvalue weighted by atomic mass is 32.1. The minimum atomic E-state index is 0.726. The molecular formula is C17H17N3O2S. The highest BCUT2D eigenvalue weighted by molar-refractivity contribution is 7.13. The molecule has 1 saturated heterocycles. The number of ether oxygens (including phenoxy) is 2. The molecule has 0 saturated carbocycles. The summed E-state index contributed by atoms with van der Waals surface area (Å²) < 4.78 is 10.8. The molecule has 23 heavy (non-hydrogen) atoms. The molecule has 0 N–H and O–H groups in total. The van der Waals surface area contributed by atoms with Crippen LogP contribution in [0.3, 0.4) is 0 Å². The van der Waals surface area contributed by atoms with Gasteiger partial charge in [-0.25, -0.2) is 9.97 Å². The van der Waals surface area contributed by atoms with E-state index in [9.17, 15) is 0 Å². The Labute approximate surface area is 138 Å². The van der Waals surface area contributed by atoms with Crippen molar-refractivity contribution in [3.63, 3.8) is 0 Å². The number of aromatic nitrogens is 2. The molecule has 6 heteroatoms. The van der Waals surface area contributed by atoms with Crippen molar-refractivity contribution in [2.75, 3.05) is 38.3 Å². The molecule has 0 unspecified atom stereocenters. The molecule has 0 aliphatic carbocycles. The fourth-order valence-corrected chi connectivity index (χ4v) is 3.41. The quantitative estimate of drug-likeness (QED) is 0.739. The van der Waals surface area contributed by atoms with Gasteiger partial charge in [0.25, 0.3) is 0 Å². The van der Waals surface area contributed by atoms with Crippen LogP contribution in [0, 0.1) is 0 Å². The molecule has 1 fully saturated rings. The second-order valence-corrected chi connectivity index (χ2v) is 6.28. The summed E-state index contributed by atoms with van der Waals surface area (Å²) in [5.41, 5.74) is 0.936. The van der Waals surface area contributed by atoms with Crippen LogP contribution in [-0.4, -0.2) is 43.4 Å². The van der Waals surface area contributed by atoms with Crippen LogP contribution in [0.2, 0.25) is 0 Å². The molecule has 0 radical (unpaired) electrons. The number of rotatable bonds is 3. The number of fused-ring (bicyclic) bond motifs is 1. The zero-order valence-corrected chi connectivity index (χ0v) is 13.7. The lowest BCUT2D eigenvalue weighted by atomic mass is 10.2. The molecule has 0 spiro atoms.